The van der Waals surface area contributed by atoms with Crippen LogP contribution in [0.25, 0.3) is 0 Å². The molecule has 0 saturated carbocycles. The second-order valence-corrected chi connectivity index (χ2v) is 7.12. The number of carbonyl (C=O) groups excluding carboxylic acids is 1. The van der Waals surface area contributed by atoms with E-state index in [1.165, 1.54) is 11.6 Å². The molecule has 1 amide bonds. The van der Waals surface area contributed by atoms with Crippen LogP contribution in [-0.2, 0) is 19.1 Å². The summed E-state index contributed by atoms with van der Waals surface area (Å²) in [4.78, 5) is 12.5. The van der Waals surface area contributed by atoms with E-state index in [1.54, 1.807) is 18.2 Å². The molecule has 3 aromatic rings. The van der Waals surface area contributed by atoms with Crippen LogP contribution in [0, 0.1) is 0 Å². The van der Waals surface area contributed by atoms with Crippen molar-refractivity contribution in [2.75, 3.05) is 10.6 Å². The van der Waals surface area contributed by atoms with Gasteiger partial charge >= 0.3 is 6.18 Å². The second-order valence-electron chi connectivity index (χ2n) is 6.71. The smallest absolute Gasteiger partial charge is 0.381 e. The molecule has 3 nitrogen and oxygen atoms in total. The van der Waals surface area contributed by atoms with E-state index in [0.29, 0.717) is 12.1 Å². The van der Waals surface area contributed by atoms with E-state index in [2.05, 4.69) is 17.6 Å². The van der Waals surface area contributed by atoms with Gasteiger partial charge in [0.1, 0.15) is 0 Å². The Morgan fingerprint density at radius 2 is 1.77 bits per heavy atom. The second kappa shape index (κ2) is 9.22. The van der Waals surface area contributed by atoms with Crippen LogP contribution in [0.2, 0.25) is 5.02 Å². The Morgan fingerprint density at radius 1 is 1.00 bits per heavy atom. The van der Waals surface area contributed by atoms with Crippen molar-refractivity contribution in [2.24, 2.45) is 0 Å². The van der Waals surface area contributed by atoms with Gasteiger partial charge in [-0.05, 0) is 53.9 Å². The summed E-state index contributed by atoms with van der Waals surface area (Å²) in [6, 6.07) is 18.2. The van der Waals surface area contributed by atoms with E-state index in [0.717, 1.165) is 29.8 Å². The number of alkyl halides is 3. The molecule has 0 atom stereocenters. The molecular formula is C23H20ClF3N2O. The number of benzene rings is 3. The number of para-hydroxylation sites is 1. The van der Waals surface area contributed by atoms with Crippen molar-refractivity contribution < 1.29 is 18.0 Å². The Kier molecular flexibility index (Phi) is 6.67. The average molecular weight is 433 g/mol. The predicted octanol–water partition coefficient (Wildman–Crippen LogP) is 6.79. The Labute approximate surface area is 177 Å². The lowest BCUT2D eigenvalue weighted by Gasteiger charge is -2.13. The zero-order chi connectivity index (χ0) is 21.7. The van der Waals surface area contributed by atoms with Crippen LogP contribution in [0.4, 0.5) is 24.5 Å². The lowest BCUT2D eigenvalue weighted by atomic mass is 10.1. The van der Waals surface area contributed by atoms with E-state index in [4.69, 9.17) is 11.6 Å². The Hall–Kier alpha value is -2.99. The van der Waals surface area contributed by atoms with Gasteiger partial charge < -0.3 is 10.6 Å². The van der Waals surface area contributed by atoms with Gasteiger partial charge in [-0.15, -0.1) is 0 Å². The van der Waals surface area contributed by atoms with Crippen molar-refractivity contribution in [3.05, 3.63) is 94.0 Å². The van der Waals surface area contributed by atoms with Gasteiger partial charge in [0.2, 0.25) is 0 Å². The highest BCUT2D eigenvalue weighted by Gasteiger charge is 2.33. The fraction of sp³-hybridized carbons (Fsp3) is 0.174. The maximum atomic E-state index is 13.0. The summed E-state index contributed by atoms with van der Waals surface area (Å²) in [6.07, 6.45) is -3.70. The molecule has 3 rings (SSSR count). The largest absolute Gasteiger partial charge is 0.417 e. The zero-order valence-electron chi connectivity index (χ0n) is 16.2. The standard InChI is InChI=1S/C23H20ClF3N2O/c1-2-16-7-3-4-9-21(16)28-14-15-6-5-8-17(12-15)22(30)29-18-10-11-20(24)19(13-18)23(25,26)27/h3-13,28H,2,14H2,1H3,(H,29,30). The third kappa shape index (κ3) is 5.33. The fourth-order valence-electron chi connectivity index (χ4n) is 3.04. The number of aryl methyl sites for hydroxylation is 1. The SMILES string of the molecule is CCc1ccccc1NCc1cccc(C(=O)Nc2ccc(Cl)c(C(F)(F)F)c2)c1. The summed E-state index contributed by atoms with van der Waals surface area (Å²) in [5, 5.41) is 5.44. The summed E-state index contributed by atoms with van der Waals surface area (Å²) < 4.78 is 39.1. The van der Waals surface area contributed by atoms with Crippen molar-refractivity contribution in [1.29, 1.82) is 0 Å². The van der Waals surface area contributed by atoms with E-state index in [-0.39, 0.29) is 5.69 Å². The molecule has 30 heavy (non-hydrogen) atoms. The maximum absolute atomic E-state index is 13.0. The van der Waals surface area contributed by atoms with E-state index >= 15 is 0 Å². The van der Waals surface area contributed by atoms with Crippen LogP contribution in [0.5, 0.6) is 0 Å². The number of carbonyl (C=O) groups is 1. The highest BCUT2D eigenvalue weighted by molar-refractivity contribution is 6.31. The summed E-state index contributed by atoms with van der Waals surface area (Å²) >= 11 is 5.62. The van der Waals surface area contributed by atoms with Gasteiger partial charge in [0.05, 0.1) is 10.6 Å². The topological polar surface area (TPSA) is 41.1 Å². The Balaban J connectivity index is 1.72. The molecule has 0 aromatic heterocycles. The molecule has 0 heterocycles. The molecule has 156 valence electrons. The molecule has 0 aliphatic carbocycles. The first-order valence-electron chi connectivity index (χ1n) is 9.36. The van der Waals surface area contributed by atoms with E-state index in [9.17, 15) is 18.0 Å². The number of rotatable bonds is 6. The van der Waals surface area contributed by atoms with Crippen LogP contribution < -0.4 is 10.6 Å². The van der Waals surface area contributed by atoms with Crippen molar-refractivity contribution in [3.8, 4) is 0 Å². The van der Waals surface area contributed by atoms with Gasteiger partial charge in [-0.2, -0.15) is 13.2 Å². The lowest BCUT2D eigenvalue weighted by molar-refractivity contribution is -0.137. The highest BCUT2D eigenvalue weighted by atomic mass is 35.5. The van der Waals surface area contributed by atoms with E-state index in [1.807, 2.05) is 30.3 Å². The van der Waals surface area contributed by atoms with Gasteiger partial charge in [-0.1, -0.05) is 48.9 Å². The maximum Gasteiger partial charge on any atom is 0.417 e. The Bertz CT molecular complexity index is 1050. The number of nitrogens with one attached hydrogen (secondary N) is 2. The first-order valence-corrected chi connectivity index (χ1v) is 9.74. The molecule has 3 aromatic carbocycles. The van der Waals surface area contributed by atoms with Crippen molar-refractivity contribution in [2.45, 2.75) is 26.1 Å². The molecule has 0 spiro atoms. The third-order valence-electron chi connectivity index (χ3n) is 4.60. The van der Waals surface area contributed by atoms with Crippen LogP contribution in [-0.4, -0.2) is 5.91 Å². The molecule has 0 aliphatic rings. The predicted molar refractivity (Wildman–Crippen MR) is 114 cm³/mol. The van der Waals surface area contributed by atoms with Crippen LogP contribution in [0.1, 0.15) is 34.0 Å². The lowest BCUT2D eigenvalue weighted by Crippen LogP contribution is -2.14. The number of anilines is 2. The molecular weight excluding hydrogens is 413 g/mol. The first-order chi connectivity index (χ1) is 14.3. The van der Waals surface area contributed by atoms with Gasteiger partial charge in [0, 0.05) is 23.5 Å². The van der Waals surface area contributed by atoms with Crippen molar-refractivity contribution in [1.82, 2.24) is 0 Å². The van der Waals surface area contributed by atoms with E-state index < -0.39 is 22.7 Å². The number of hydrogen-bond donors (Lipinski definition) is 2. The minimum absolute atomic E-state index is 0.0251. The molecule has 7 heteroatoms. The van der Waals surface area contributed by atoms with Gasteiger partial charge in [0.25, 0.3) is 5.91 Å². The van der Waals surface area contributed by atoms with Gasteiger partial charge in [-0.3, -0.25) is 4.79 Å². The minimum Gasteiger partial charge on any atom is -0.381 e. The number of amides is 1. The Morgan fingerprint density at radius 3 is 2.50 bits per heavy atom. The van der Waals surface area contributed by atoms with Gasteiger partial charge in [-0.25, -0.2) is 0 Å². The monoisotopic (exact) mass is 432 g/mol. The molecule has 0 saturated heterocycles. The summed E-state index contributed by atoms with van der Waals surface area (Å²) in [5.74, 6) is -0.499. The third-order valence-corrected chi connectivity index (χ3v) is 4.93. The number of hydrogen-bond acceptors (Lipinski definition) is 2. The van der Waals surface area contributed by atoms with Gasteiger partial charge in [0.15, 0.2) is 0 Å². The van der Waals surface area contributed by atoms with Crippen molar-refractivity contribution >= 4 is 28.9 Å². The molecule has 0 bridgehead atoms. The normalized spacial score (nSPS) is 11.2. The van der Waals surface area contributed by atoms with Crippen LogP contribution in [0.3, 0.4) is 0 Å². The molecule has 0 aliphatic heterocycles. The highest BCUT2D eigenvalue weighted by Crippen LogP contribution is 2.36. The van der Waals surface area contributed by atoms with Crippen LogP contribution in [0.15, 0.2) is 66.7 Å². The quantitative estimate of drug-likeness (QED) is 0.450. The minimum atomic E-state index is -4.60. The summed E-state index contributed by atoms with van der Waals surface area (Å²) in [7, 11) is 0. The number of halogens is 4. The molecule has 0 fully saturated rings. The fourth-order valence-corrected chi connectivity index (χ4v) is 3.27. The van der Waals surface area contributed by atoms with Crippen LogP contribution >= 0.6 is 11.6 Å². The zero-order valence-corrected chi connectivity index (χ0v) is 16.9. The molecule has 2 N–H and O–H groups in total. The summed E-state index contributed by atoms with van der Waals surface area (Å²) in [6.45, 7) is 2.59. The van der Waals surface area contributed by atoms with Crippen molar-refractivity contribution in [3.63, 3.8) is 0 Å². The molecule has 0 radical (unpaired) electrons. The average Bonchev–Trinajstić information content (AvgIpc) is 2.73. The molecule has 0 unspecified atom stereocenters. The first kappa shape index (κ1) is 21.7. The summed E-state index contributed by atoms with van der Waals surface area (Å²) in [5.41, 5.74) is 2.47.